The van der Waals surface area contributed by atoms with E-state index in [1.165, 1.54) is 29.2 Å². The predicted octanol–water partition coefficient (Wildman–Crippen LogP) is 5.00. The van der Waals surface area contributed by atoms with Crippen molar-refractivity contribution in [3.8, 4) is 0 Å². The lowest BCUT2D eigenvalue weighted by molar-refractivity contribution is -0.269. The Balaban J connectivity index is 1.40. The second-order valence-electron chi connectivity index (χ2n) is 8.98. The van der Waals surface area contributed by atoms with Gasteiger partial charge in [0.05, 0.1) is 28.8 Å². The monoisotopic (exact) mass is 534 g/mol. The molecule has 2 aromatic rings. The van der Waals surface area contributed by atoms with E-state index in [4.69, 9.17) is 28.0 Å². The highest BCUT2D eigenvalue weighted by molar-refractivity contribution is 6.35. The molecule has 0 aromatic heterocycles. The second kappa shape index (κ2) is 7.80. The van der Waals surface area contributed by atoms with Gasteiger partial charge in [-0.1, -0.05) is 47.5 Å². The van der Waals surface area contributed by atoms with Gasteiger partial charge in [0, 0.05) is 5.56 Å². The summed E-state index contributed by atoms with van der Waals surface area (Å²) < 4.78 is 71.4. The number of aliphatic hydroxyl groups is 1. The predicted molar refractivity (Wildman–Crippen MR) is 116 cm³/mol. The van der Waals surface area contributed by atoms with Crippen LogP contribution < -0.4 is 5.48 Å². The number of hydroxylamine groups is 1. The van der Waals surface area contributed by atoms with Crippen molar-refractivity contribution in [2.24, 2.45) is 0 Å². The van der Waals surface area contributed by atoms with E-state index in [1.807, 2.05) is 0 Å². The minimum Gasteiger partial charge on any atom is -0.380 e. The Hall–Kier alpha value is -2.40. The largest absolute Gasteiger partial charge is 0.428 e. The zero-order chi connectivity index (χ0) is 25.4. The summed E-state index contributed by atoms with van der Waals surface area (Å²) in [6.07, 6.45) is -3.48. The molecule has 2 aromatic carbocycles. The van der Waals surface area contributed by atoms with Crippen LogP contribution in [0.3, 0.4) is 0 Å². The molecule has 0 spiro atoms. The topological polar surface area (TPSA) is 61.8 Å². The van der Waals surface area contributed by atoms with Gasteiger partial charge in [0.25, 0.3) is 5.91 Å². The van der Waals surface area contributed by atoms with E-state index in [-0.39, 0.29) is 29.9 Å². The maximum Gasteiger partial charge on any atom is 0.428 e. The molecule has 2 fully saturated rings. The Labute approximate surface area is 206 Å². The Morgan fingerprint density at radius 2 is 1.63 bits per heavy atom. The molecule has 186 valence electrons. The Bertz CT molecular complexity index is 1220. The number of carbonyl (C=O) groups excluding carboxylic acids is 1. The van der Waals surface area contributed by atoms with Crippen molar-refractivity contribution in [3.05, 3.63) is 75.0 Å². The molecule has 1 atom stereocenters. The molecule has 3 aliphatic rings. The quantitative estimate of drug-likeness (QED) is 0.428. The van der Waals surface area contributed by atoms with Gasteiger partial charge in [0.2, 0.25) is 5.60 Å². The van der Waals surface area contributed by atoms with Gasteiger partial charge in [-0.25, -0.2) is 8.78 Å². The summed E-state index contributed by atoms with van der Waals surface area (Å²) in [5.41, 5.74) is -4.04. The van der Waals surface area contributed by atoms with Crippen molar-refractivity contribution < 1.29 is 36.7 Å². The van der Waals surface area contributed by atoms with Crippen molar-refractivity contribution in [2.45, 2.75) is 35.9 Å². The Morgan fingerprint density at radius 1 is 1.06 bits per heavy atom. The van der Waals surface area contributed by atoms with Crippen molar-refractivity contribution >= 4 is 34.8 Å². The molecule has 1 amide bonds. The van der Waals surface area contributed by atoms with Gasteiger partial charge in [-0.3, -0.25) is 15.1 Å². The van der Waals surface area contributed by atoms with E-state index in [9.17, 15) is 27.5 Å². The van der Waals surface area contributed by atoms with Crippen LogP contribution in [0.15, 0.2) is 42.5 Å². The molecular weight excluding hydrogens is 518 g/mol. The number of halogens is 7. The van der Waals surface area contributed by atoms with Crippen molar-refractivity contribution in [3.63, 3.8) is 0 Å². The first-order chi connectivity index (χ1) is 16.3. The Kier molecular flexibility index (Phi) is 5.41. The molecule has 1 aliphatic carbocycles. The lowest BCUT2D eigenvalue weighted by atomic mass is 9.86. The van der Waals surface area contributed by atoms with Crippen molar-refractivity contribution in [1.82, 2.24) is 10.4 Å². The van der Waals surface area contributed by atoms with Gasteiger partial charge >= 0.3 is 6.18 Å². The van der Waals surface area contributed by atoms with E-state index in [1.54, 1.807) is 0 Å². The number of alkyl halides is 4. The van der Waals surface area contributed by atoms with Crippen LogP contribution in [0.1, 0.15) is 29.5 Å². The van der Waals surface area contributed by atoms with E-state index in [2.05, 4.69) is 5.48 Å². The first-order valence-electron chi connectivity index (χ1n) is 10.5. The summed E-state index contributed by atoms with van der Waals surface area (Å²) in [7, 11) is 0. The number of benzene rings is 2. The first-order valence-corrected chi connectivity index (χ1v) is 11.2. The van der Waals surface area contributed by atoms with Gasteiger partial charge in [-0.05, 0) is 42.2 Å². The highest BCUT2D eigenvalue weighted by Gasteiger charge is 2.60. The number of carbonyl (C=O) groups is 1. The number of nitrogens with zero attached hydrogens (tertiary/aromatic N) is 1. The molecule has 5 rings (SSSR count). The lowest BCUT2D eigenvalue weighted by Gasteiger charge is -2.45. The van der Waals surface area contributed by atoms with Gasteiger partial charge < -0.3 is 10.0 Å². The fraction of sp³-hybridized carbons (Fsp3) is 0.348. The van der Waals surface area contributed by atoms with E-state index < -0.39 is 50.4 Å². The third-order valence-corrected chi connectivity index (χ3v) is 7.06. The number of amides is 1. The number of likely N-dealkylation sites (tertiary alicyclic amines) is 1. The summed E-state index contributed by atoms with van der Waals surface area (Å²) >= 11 is 11.4. The highest BCUT2D eigenvalue weighted by atomic mass is 35.5. The third-order valence-electron chi connectivity index (χ3n) is 6.51. The molecule has 1 unspecified atom stereocenters. The van der Waals surface area contributed by atoms with E-state index in [0.29, 0.717) is 12.8 Å². The lowest BCUT2D eigenvalue weighted by Crippen LogP contribution is -2.61. The standard InChI is InChI=1S/C23H17Cl2F5N2O3/c24-15-7-14(8-16(25)18(15)26)22(23(28,29)30)9-17(31-35-22)12-1-3-13(4-2-12)20(27)10-32(11-20)19(33)21(34)5-6-21/h1-4,7-9,31,34H,5-6,10-11H2. The van der Waals surface area contributed by atoms with Crippen LogP contribution >= 0.6 is 23.2 Å². The molecule has 2 aliphatic heterocycles. The average molecular weight is 535 g/mol. The van der Waals surface area contributed by atoms with Crippen LogP contribution in [-0.2, 0) is 20.9 Å². The van der Waals surface area contributed by atoms with E-state index in [0.717, 1.165) is 18.2 Å². The summed E-state index contributed by atoms with van der Waals surface area (Å²) in [4.78, 5) is 18.3. The number of hydrogen-bond donors (Lipinski definition) is 2. The van der Waals surface area contributed by atoms with Crippen molar-refractivity contribution in [1.29, 1.82) is 0 Å². The summed E-state index contributed by atoms with van der Waals surface area (Å²) in [6.45, 7) is -0.443. The van der Waals surface area contributed by atoms with Gasteiger partial charge in [-0.2, -0.15) is 13.2 Å². The second-order valence-corrected chi connectivity index (χ2v) is 9.80. The molecule has 1 saturated carbocycles. The van der Waals surface area contributed by atoms with Gasteiger partial charge in [-0.15, -0.1) is 0 Å². The number of rotatable bonds is 4. The fourth-order valence-electron chi connectivity index (χ4n) is 4.22. The maximum atomic E-state index is 15.2. The first kappa shape index (κ1) is 24.3. The number of hydrogen-bond acceptors (Lipinski definition) is 4. The smallest absolute Gasteiger partial charge is 0.380 e. The van der Waals surface area contributed by atoms with Crippen LogP contribution in [0.4, 0.5) is 22.0 Å². The zero-order valence-electron chi connectivity index (χ0n) is 17.7. The van der Waals surface area contributed by atoms with Crippen molar-refractivity contribution in [2.75, 3.05) is 13.1 Å². The molecule has 0 radical (unpaired) electrons. The minimum absolute atomic E-state index is 0.0558. The van der Waals surface area contributed by atoms with Crippen LogP contribution in [0, 0.1) is 5.82 Å². The summed E-state index contributed by atoms with van der Waals surface area (Å²) in [5, 5.41) is 8.71. The molecule has 12 heteroatoms. The molecule has 2 heterocycles. The molecular formula is C23H17Cl2F5N2O3. The fourth-order valence-corrected chi connectivity index (χ4v) is 4.70. The van der Waals surface area contributed by atoms with Crippen LogP contribution in [0.25, 0.3) is 5.70 Å². The zero-order valence-corrected chi connectivity index (χ0v) is 19.2. The Morgan fingerprint density at radius 3 is 2.14 bits per heavy atom. The molecule has 2 N–H and O–H groups in total. The molecule has 0 bridgehead atoms. The van der Waals surface area contributed by atoms with Gasteiger partial charge in [0.1, 0.15) is 5.60 Å². The van der Waals surface area contributed by atoms with Crippen LogP contribution in [-0.4, -0.2) is 40.8 Å². The number of nitrogens with one attached hydrogen (secondary N) is 1. The molecule has 35 heavy (non-hydrogen) atoms. The maximum absolute atomic E-state index is 15.2. The molecule has 5 nitrogen and oxygen atoms in total. The average Bonchev–Trinajstić information content (AvgIpc) is 3.36. The van der Waals surface area contributed by atoms with Crippen LogP contribution in [0.2, 0.25) is 10.0 Å². The SMILES string of the molecule is O=C(N1CC(F)(c2ccc(C3=CC(c4cc(Cl)c(F)c(Cl)c4)(C(F)(F)F)ON3)cc2)C1)C1(O)CC1. The summed E-state index contributed by atoms with van der Waals surface area (Å²) in [5.74, 6) is -1.55. The van der Waals surface area contributed by atoms with Crippen LogP contribution in [0.5, 0.6) is 0 Å². The van der Waals surface area contributed by atoms with E-state index >= 15 is 4.39 Å². The summed E-state index contributed by atoms with van der Waals surface area (Å²) in [6, 6.07) is 7.21. The molecule has 1 saturated heterocycles. The normalized spacial score (nSPS) is 24.5. The third kappa shape index (κ3) is 3.87. The minimum atomic E-state index is -4.97. The van der Waals surface area contributed by atoms with Gasteiger partial charge in [0.15, 0.2) is 11.5 Å². The highest BCUT2D eigenvalue weighted by Crippen LogP contribution is 2.49.